The number of alkyl halides is 3. The van der Waals surface area contributed by atoms with Gasteiger partial charge in [-0.05, 0) is 35.2 Å². The molecule has 1 fully saturated rings. The summed E-state index contributed by atoms with van der Waals surface area (Å²) in [6.45, 7) is -0.697. The lowest BCUT2D eigenvalue weighted by molar-refractivity contribution is -0.232. The van der Waals surface area contributed by atoms with Crippen molar-refractivity contribution in [1.82, 2.24) is 0 Å². The standard InChI is InChI=1S/C22H21F3O6S/c23-22(24,25)14-8-15(27)13(21-20(30)19(29)18(28)16(9-26)31-21)7-11(14)6-12-5-10-3-1-2-4-17(10)32-12/h1-5,7-8,16,18-21,26-30H,6,9H2/t16-,18-,19+,20-,21+/m1/s1. The average Bonchev–Trinajstić information content (AvgIpc) is 3.15. The molecular weight excluding hydrogens is 449 g/mol. The van der Waals surface area contributed by atoms with Gasteiger partial charge in [-0.15, -0.1) is 11.3 Å². The Morgan fingerprint density at radius 1 is 0.969 bits per heavy atom. The Labute approximate surface area is 184 Å². The van der Waals surface area contributed by atoms with Crippen molar-refractivity contribution in [2.45, 2.75) is 43.1 Å². The Kier molecular flexibility index (Phi) is 6.19. The van der Waals surface area contributed by atoms with Crippen LogP contribution in [0.2, 0.25) is 0 Å². The Bertz CT molecular complexity index is 1080. The van der Waals surface area contributed by atoms with Crippen LogP contribution >= 0.6 is 11.3 Å². The van der Waals surface area contributed by atoms with Crippen LogP contribution in [-0.2, 0) is 17.3 Å². The van der Waals surface area contributed by atoms with Crippen molar-refractivity contribution in [3.05, 3.63) is 64.0 Å². The number of rotatable bonds is 4. The minimum absolute atomic E-state index is 0.0844. The number of aromatic hydroxyl groups is 1. The van der Waals surface area contributed by atoms with E-state index in [1.54, 1.807) is 6.07 Å². The smallest absolute Gasteiger partial charge is 0.416 e. The molecule has 5 N–H and O–H groups in total. The lowest BCUT2D eigenvalue weighted by Crippen LogP contribution is -2.55. The van der Waals surface area contributed by atoms with Gasteiger partial charge in [0.05, 0.1) is 12.2 Å². The molecule has 172 valence electrons. The fourth-order valence-corrected chi connectivity index (χ4v) is 5.05. The van der Waals surface area contributed by atoms with Crippen molar-refractivity contribution in [3.63, 3.8) is 0 Å². The molecule has 0 radical (unpaired) electrons. The van der Waals surface area contributed by atoms with E-state index in [0.29, 0.717) is 10.9 Å². The summed E-state index contributed by atoms with van der Waals surface area (Å²) in [5.74, 6) is -0.776. The number of hydrogen-bond acceptors (Lipinski definition) is 7. The maximum atomic E-state index is 13.7. The minimum Gasteiger partial charge on any atom is -0.508 e. The third-order valence-corrected chi connectivity index (χ3v) is 6.71. The van der Waals surface area contributed by atoms with Crippen molar-refractivity contribution < 1.29 is 43.4 Å². The predicted octanol–water partition coefficient (Wildman–Crippen LogP) is 2.73. The second-order valence-corrected chi connectivity index (χ2v) is 8.91. The van der Waals surface area contributed by atoms with Crippen LogP contribution in [-0.4, -0.2) is 56.6 Å². The first-order chi connectivity index (χ1) is 15.1. The highest BCUT2D eigenvalue weighted by Gasteiger charge is 2.45. The van der Waals surface area contributed by atoms with Crippen molar-refractivity contribution in [3.8, 4) is 5.75 Å². The van der Waals surface area contributed by atoms with Crippen LogP contribution in [0, 0.1) is 0 Å². The Morgan fingerprint density at radius 2 is 1.69 bits per heavy atom. The summed E-state index contributed by atoms with van der Waals surface area (Å²) in [5, 5.41) is 51.0. The quantitative estimate of drug-likeness (QED) is 0.401. The molecule has 3 aromatic rings. The number of benzene rings is 2. The number of aliphatic hydroxyl groups excluding tert-OH is 4. The van der Waals surface area contributed by atoms with Crippen LogP contribution in [0.1, 0.15) is 27.7 Å². The molecule has 1 aromatic heterocycles. The number of ether oxygens (including phenoxy) is 1. The van der Waals surface area contributed by atoms with Gasteiger partial charge in [-0.3, -0.25) is 0 Å². The van der Waals surface area contributed by atoms with E-state index in [0.717, 1.165) is 16.2 Å². The highest BCUT2D eigenvalue weighted by Crippen LogP contribution is 2.42. The van der Waals surface area contributed by atoms with E-state index >= 15 is 0 Å². The number of thiophene rings is 1. The number of aliphatic hydroxyl groups is 4. The van der Waals surface area contributed by atoms with Crippen LogP contribution in [0.15, 0.2) is 42.5 Å². The van der Waals surface area contributed by atoms with Gasteiger partial charge in [-0.2, -0.15) is 13.2 Å². The number of hydrogen-bond donors (Lipinski definition) is 5. The van der Waals surface area contributed by atoms with E-state index < -0.39 is 54.6 Å². The minimum atomic E-state index is -4.74. The Morgan fingerprint density at radius 3 is 2.34 bits per heavy atom. The molecule has 0 aliphatic carbocycles. The van der Waals surface area contributed by atoms with Gasteiger partial charge < -0.3 is 30.3 Å². The molecule has 4 rings (SSSR count). The molecule has 32 heavy (non-hydrogen) atoms. The van der Waals surface area contributed by atoms with Crippen LogP contribution < -0.4 is 0 Å². The fourth-order valence-electron chi connectivity index (χ4n) is 3.96. The summed E-state index contributed by atoms with van der Waals surface area (Å²) >= 11 is 1.35. The number of phenols is 1. The third kappa shape index (κ3) is 4.21. The molecule has 1 aliphatic heterocycles. The van der Waals surface area contributed by atoms with Gasteiger partial charge in [-0.25, -0.2) is 0 Å². The average molecular weight is 470 g/mol. The summed E-state index contributed by atoms with van der Waals surface area (Å²) in [7, 11) is 0. The Hall–Kier alpha value is -2.21. The summed E-state index contributed by atoms with van der Waals surface area (Å²) in [4.78, 5) is 0.669. The summed E-state index contributed by atoms with van der Waals surface area (Å²) in [6, 6.07) is 10.8. The van der Waals surface area contributed by atoms with Crippen LogP contribution in [0.25, 0.3) is 10.1 Å². The highest BCUT2D eigenvalue weighted by atomic mass is 32.1. The molecule has 0 bridgehead atoms. The van der Waals surface area contributed by atoms with E-state index in [2.05, 4.69) is 0 Å². The molecule has 1 aliphatic rings. The molecular formula is C22H21F3O6S. The first-order valence-electron chi connectivity index (χ1n) is 9.81. The molecule has 5 atom stereocenters. The van der Waals surface area contributed by atoms with E-state index in [4.69, 9.17) is 4.74 Å². The molecule has 0 amide bonds. The molecule has 6 nitrogen and oxygen atoms in total. The van der Waals surface area contributed by atoms with E-state index in [-0.39, 0.29) is 17.5 Å². The summed E-state index contributed by atoms with van der Waals surface area (Å²) in [5.41, 5.74) is -1.35. The van der Waals surface area contributed by atoms with Crippen molar-refractivity contribution in [2.24, 2.45) is 0 Å². The maximum absolute atomic E-state index is 13.7. The monoisotopic (exact) mass is 470 g/mol. The number of halogens is 3. The normalized spacial score (nSPS) is 26.5. The lowest BCUT2D eigenvalue weighted by Gasteiger charge is -2.40. The van der Waals surface area contributed by atoms with Crippen LogP contribution in [0.5, 0.6) is 5.75 Å². The fraction of sp³-hybridized carbons (Fsp3) is 0.364. The molecule has 0 spiro atoms. The maximum Gasteiger partial charge on any atom is 0.416 e. The third-order valence-electron chi connectivity index (χ3n) is 5.60. The van der Waals surface area contributed by atoms with E-state index in [1.165, 1.54) is 11.3 Å². The van der Waals surface area contributed by atoms with Crippen molar-refractivity contribution >= 4 is 21.4 Å². The highest BCUT2D eigenvalue weighted by molar-refractivity contribution is 7.19. The van der Waals surface area contributed by atoms with Gasteiger partial charge in [-0.1, -0.05) is 18.2 Å². The van der Waals surface area contributed by atoms with E-state index in [9.17, 15) is 38.7 Å². The van der Waals surface area contributed by atoms with Gasteiger partial charge in [0.15, 0.2) is 0 Å². The zero-order valence-corrected chi connectivity index (χ0v) is 17.3. The van der Waals surface area contributed by atoms with Crippen LogP contribution in [0.4, 0.5) is 13.2 Å². The number of phenolic OH excluding ortho intramolecular Hbond substituents is 1. The lowest BCUT2D eigenvalue weighted by atomic mass is 9.88. The van der Waals surface area contributed by atoms with Gasteiger partial charge in [0.25, 0.3) is 0 Å². The molecule has 0 saturated carbocycles. The number of fused-ring (bicyclic) bond motifs is 1. The molecule has 2 heterocycles. The zero-order chi connectivity index (χ0) is 23.2. The largest absolute Gasteiger partial charge is 0.508 e. The van der Waals surface area contributed by atoms with Crippen molar-refractivity contribution in [2.75, 3.05) is 6.61 Å². The van der Waals surface area contributed by atoms with Gasteiger partial charge in [0.2, 0.25) is 0 Å². The first-order valence-corrected chi connectivity index (χ1v) is 10.6. The van der Waals surface area contributed by atoms with Crippen LogP contribution in [0.3, 0.4) is 0 Å². The molecule has 10 heteroatoms. The van der Waals surface area contributed by atoms with Crippen molar-refractivity contribution in [1.29, 1.82) is 0 Å². The van der Waals surface area contributed by atoms with Gasteiger partial charge in [0, 0.05) is 21.6 Å². The van der Waals surface area contributed by atoms with Gasteiger partial charge in [0.1, 0.15) is 36.3 Å². The second kappa shape index (κ2) is 8.62. The molecule has 1 saturated heterocycles. The predicted molar refractivity (Wildman–Crippen MR) is 110 cm³/mol. The molecule has 0 unspecified atom stereocenters. The Balaban J connectivity index is 1.77. The first kappa shape index (κ1) is 23.0. The summed E-state index contributed by atoms with van der Waals surface area (Å²) < 4.78 is 47.5. The SMILES string of the molecule is OC[C@H]1O[C@@H](c2cc(Cc3cc4ccccc4s3)c(C(F)(F)F)cc2O)[C@H](O)[C@@H](O)[C@@H]1O. The van der Waals surface area contributed by atoms with Gasteiger partial charge >= 0.3 is 6.18 Å². The van der Waals surface area contributed by atoms with E-state index in [1.807, 2.05) is 24.3 Å². The topological polar surface area (TPSA) is 110 Å². The second-order valence-electron chi connectivity index (χ2n) is 7.74. The summed E-state index contributed by atoms with van der Waals surface area (Å²) in [6.07, 6.45) is -12.6. The molecule has 2 aromatic carbocycles. The zero-order valence-electron chi connectivity index (χ0n) is 16.5.